The molecule has 94 valence electrons. The lowest BCUT2D eigenvalue weighted by atomic mass is 9.93. The highest BCUT2D eigenvalue weighted by Crippen LogP contribution is 2.32. The summed E-state index contributed by atoms with van der Waals surface area (Å²) in [7, 11) is 0. The van der Waals surface area contributed by atoms with Crippen LogP contribution < -0.4 is 0 Å². The minimum absolute atomic E-state index is 0.309. The van der Waals surface area contributed by atoms with E-state index >= 15 is 0 Å². The first-order valence-corrected chi connectivity index (χ1v) is 6.46. The van der Waals surface area contributed by atoms with Crippen LogP contribution in [0, 0.1) is 0 Å². The van der Waals surface area contributed by atoms with E-state index in [0.717, 1.165) is 11.1 Å². The van der Waals surface area contributed by atoms with Crippen LogP contribution in [-0.2, 0) is 11.2 Å². The Balaban J connectivity index is 1.95. The Bertz CT molecular complexity index is 659. The van der Waals surface area contributed by atoms with Gasteiger partial charge in [0.25, 0.3) is 0 Å². The molecule has 3 heteroatoms. The molecular weight excluding hydrogens is 260 g/mol. The topological polar surface area (TPSA) is 34.1 Å². The fraction of sp³-hybridized carbons (Fsp3) is 0.125. The van der Waals surface area contributed by atoms with E-state index in [0.29, 0.717) is 17.0 Å². The normalized spacial score (nSPS) is 17.6. The smallest absolute Gasteiger partial charge is 0.229 e. The van der Waals surface area contributed by atoms with Crippen molar-refractivity contribution in [2.75, 3.05) is 0 Å². The molecule has 0 radical (unpaired) electrons. The summed E-state index contributed by atoms with van der Waals surface area (Å²) in [6.07, 6.45) is 0.540. The molecule has 1 unspecified atom stereocenters. The van der Waals surface area contributed by atoms with Crippen LogP contribution in [0.3, 0.4) is 0 Å². The van der Waals surface area contributed by atoms with Crippen molar-refractivity contribution in [1.29, 1.82) is 0 Å². The average Bonchev–Trinajstić information content (AvgIpc) is 2.67. The zero-order valence-electron chi connectivity index (χ0n) is 10.1. The van der Waals surface area contributed by atoms with E-state index < -0.39 is 0 Å². The summed E-state index contributed by atoms with van der Waals surface area (Å²) in [5.74, 6) is -1.03. The first-order chi connectivity index (χ1) is 9.16. The first-order valence-electron chi connectivity index (χ1n) is 6.09. The molecule has 0 amide bonds. The molecule has 0 fully saturated rings. The highest BCUT2D eigenvalue weighted by molar-refractivity contribution is 6.48. The third-order valence-corrected chi connectivity index (χ3v) is 3.73. The molecule has 0 saturated heterocycles. The molecule has 1 atom stereocenters. The second-order valence-electron chi connectivity index (χ2n) is 4.66. The van der Waals surface area contributed by atoms with Crippen molar-refractivity contribution >= 4 is 23.2 Å². The van der Waals surface area contributed by atoms with Gasteiger partial charge in [-0.3, -0.25) is 9.59 Å². The van der Waals surface area contributed by atoms with Gasteiger partial charge < -0.3 is 0 Å². The SMILES string of the molecule is O=C1C(=O)C(Cc2ccc(Cl)cc2)c2ccccc21. The number of benzene rings is 2. The van der Waals surface area contributed by atoms with Gasteiger partial charge in [0, 0.05) is 10.6 Å². The zero-order valence-corrected chi connectivity index (χ0v) is 10.9. The van der Waals surface area contributed by atoms with Crippen molar-refractivity contribution in [3.8, 4) is 0 Å². The van der Waals surface area contributed by atoms with Crippen LogP contribution in [0.25, 0.3) is 0 Å². The summed E-state index contributed by atoms with van der Waals surface area (Å²) in [4.78, 5) is 23.9. The lowest BCUT2D eigenvalue weighted by molar-refractivity contribution is -0.115. The Morgan fingerprint density at radius 3 is 2.37 bits per heavy atom. The summed E-state index contributed by atoms with van der Waals surface area (Å²) in [6.45, 7) is 0. The van der Waals surface area contributed by atoms with Gasteiger partial charge in [0.05, 0.1) is 5.92 Å². The van der Waals surface area contributed by atoms with Crippen LogP contribution in [0.5, 0.6) is 0 Å². The van der Waals surface area contributed by atoms with Crippen LogP contribution in [0.4, 0.5) is 0 Å². The lowest BCUT2D eigenvalue weighted by Crippen LogP contribution is -2.14. The molecule has 0 aliphatic heterocycles. The second kappa shape index (κ2) is 4.63. The van der Waals surface area contributed by atoms with Gasteiger partial charge >= 0.3 is 0 Å². The zero-order chi connectivity index (χ0) is 13.4. The third kappa shape index (κ3) is 2.08. The average molecular weight is 271 g/mol. The summed E-state index contributed by atoms with van der Waals surface area (Å²) >= 11 is 5.84. The fourth-order valence-electron chi connectivity index (χ4n) is 2.50. The molecule has 2 aromatic rings. The fourth-order valence-corrected chi connectivity index (χ4v) is 2.62. The molecule has 0 bridgehead atoms. The first kappa shape index (κ1) is 12.1. The highest BCUT2D eigenvalue weighted by atomic mass is 35.5. The van der Waals surface area contributed by atoms with Crippen LogP contribution >= 0.6 is 11.6 Å². The van der Waals surface area contributed by atoms with Gasteiger partial charge in [0.15, 0.2) is 0 Å². The standard InChI is InChI=1S/C16H11ClO2/c17-11-7-5-10(6-8-11)9-14-12-3-1-2-4-13(12)15(18)16(14)19/h1-8,14H,9H2. The number of halogens is 1. The summed E-state index contributed by atoms with van der Waals surface area (Å²) in [5.41, 5.74) is 2.39. The number of fused-ring (bicyclic) bond motifs is 1. The summed E-state index contributed by atoms with van der Waals surface area (Å²) in [5, 5.41) is 0.665. The number of ketones is 2. The van der Waals surface area contributed by atoms with E-state index in [2.05, 4.69) is 0 Å². The van der Waals surface area contributed by atoms with Gasteiger partial charge in [0.2, 0.25) is 11.6 Å². The number of hydrogen-bond donors (Lipinski definition) is 0. The Labute approximate surface area is 116 Å². The van der Waals surface area contributed by atoms with Crippen LogP contribution in [0.2, 0.25) is 5.02 Å². The van der Waals surface area contributed by atoms with Gasteiger partial charge in [-0.1, -0.05) is 48.0 Å². The monoisotopic (exact) mass is 270 g/mol. The van der Waals surface area contributed by atoms with Crippen molar-refractivity contribution < 1.29 is 9.59 Å². The summed E-state index contributed by atoms with van der Waals surface area (Å²) in [6, 6.07) is 14.6. The minimum Gasteiger partial charge on any atom is -0.290 e. The maximum absolute atomic E-state index is 12.1. The van der Waals surface area contributed by atoms with E-state index in [1.165, 1.54) is 0 Å². The van der Waals surface area contributed by atoms with Gasteiger partial charge in [-0.25, -0.2) is 0 Å². The Morgan fingerprint density at radius 2 is 1.63 bits per heavy atom. The second-order valence-corrected chi connectivity index (χ2v) is 5.10. The van der Waals surface area contributed by atoms with Gasteiger partial charge in [0.1, 0.15) is 0 Å². The molecule has 1 aliphatic carbocycles. The number of hydrogen-bond acceptors (Lipinski definition) is 2. The molecule has 0 N–H and O–H groups in total. The number of carbonyl (C=O) groups excluding carboxylic acids is 2. The molecular formula is C16H11ClO2. The van der Waals surface area contributed by atoms with Gasteiger partial charge in [-0.05, 0) is 29.7 Å². The van der Waals surface area contributed by atoms with Crippen LogP contribution in [-0.4, -0.2) is 11.6 Å². The quantitative estimate of drug-likeness (QED) is 0.784. The number of carbonyl (C=O) groups is 2. The number of Topliss-reactive ketones (excluding diaryl/α,β-unsaturated/α-hetero) is 2. The molecule has 0 spiro atoms. The van der Waals surface area contributed by atoms with Crippen molar-refractivity contribution in [2.24, 2.45) is 0 Å². The maximum Gasteiger partial charge on any atom is 0.229 e. The molecule has 2 aromatic carbocycles. The van der Waals surface area contributed by atoms with Crippen LogP contribution in [0.15, 0.2) is 48.5 Å². The summed E-state index contributed by atoms with van der Waals surface area (Å²) < 4.78 is 0. The van der Waals surface area contributed by atoms with Gasteiger partial charge in [-0.2, -0.15) is 0 Å². The molecule has 2 nitrogen and oxygen atoms in total. The molecule has 0 saturated carbocycles. The third-order valence-electron chi connectivity index (χ3n) is 3.47. The lowest BCUT2D eigenvalue weighted by Gasteiger charge is -2.09. The van der Waals surface area contributed by atoms with Crippen LogP contribution in [0.1, 0.15) is 27.4 Å². The van der Waals surface area contributed by atoms with E-state index in [-0.39, 0.29) is 17.5 Å². The molecule has 0 aromatic heterocycles. The predicted octanol–water partition coefficient (Wildman–Crippen LogP) is 3.43. The molecule has 1 aliphatic rings. The highest BCUT2D eigenvalue weighted by Gasteiger charge is 2.37. The minimum atomic E-state index is -0.366. The van der Waals surface area contributed by atoms with Crippen molar-refractivity contribution in [3.63, 3.8) is 0 Å². The van der Waals surface area contributed by atoms with E-state index in [4.69, 9.17) is 11.6 Å². The van der Waals surface area contributed by atoms with Crippen molar-refractivity contribution in [2.45, 2.75) is 12.3 Å². The van der Waals surface area contributed by atoms with Crippen molar-refractivity contribution in [1.82, 2.24) is 0 Å². The van der Waals surface area contributed by atoms with E-state index in [1.807, 2.05) is 24.3 Å². The Kier molecular flexibility index (Phi) is 2.96. The van der Waals surface area contributed by atoms with Crippen molar-refractivity contribution in [3.05, 3.63) is 70.2 Å². The predicted molar refractivity (Wildman–Crippen MR) is 73.7 cm³/mol. The largest absolute Gasteiger partial charge is 0.290 e. The Morgan fingerprint density at radius 1 is 0.947 bits per heavy atom. The number of rotatable bonds is 2. The van der Waals surface area contributed by atoms with E-state index in [9.17, 15) is 9.59 Å². The molecule has 3 rings (SSSR count). The van der Waals surface area contributed by atoms with E-state index in [1.54, 1.807) is 24.3 Å². The molecule has 19 heavy (non-hydrogen) atoms. The van der Waals surface area contributed by atoms with Gasteiger partial charge in [-0.15, -0.1) is 0 Å². The Hall–Kier alpha value is -1.93. The maximum atomic E-state index is 12.1. The molecule has 0 heterocycles.